The van der Waals surface area contributed by atoms with Gasteiger partial charge in [0, 0.05) is 62.5 Å². The Kier molecular flexibility index (Phi) is 4.61. The number of imidazole rings is 1. The Morgan fingerprint density at radius 2 is 2.23 bits per heavy atom. The molecule has 7 nitrogen and oxygen atoms in total. The number of nitrogens with one attached hydrogen (secondary N) is 1. The minimum Gasteiger partial charge on any atom is -0.356 e. The molecule has 1 atom stereocenters. The molecule has 2 aliphatic rings. The second-order valence-electron chi connectivity index (χ2n) is 7.63. The molecule has 0 aromatic carbocycles. The molecule has 0 radical (unpaired) electrons. The predicted octanol–water partition coefficient (Wildman–Crippen LogP) is 1.96. The molecule has 2 aromatic rings. The number of likely N-dealkylation sites (tertiary alicyclic amines) is 1. The molecule has 7 heteroatoms. The van der Waals surface area contributed by atoms with E-state index in [0.717, 1.165) is 62.8 Å². The van der Waals surface area contributed by atoms with Gasteiger partial charge in [0.25, 0.3) is 0 Å². The van der Waals surface area contributed by atoms with E-state index in [4.69, 9.17) is 0 Å². The van der Waals surface area contributed by atoms with E-state index >= 15 is 0 Å². The molecule has 4 rings (SSSR count). The van der Waals surface area contributed by atoms with Crippen molar-refractivity contribution in [3.05, 3.63) is 36.3 Å². The zero-order valence-corrected chi connectivity index (χ0v) is 15.3. The van der Waals surface area contributed by atoms with Crippen LogP contribution >= 0.6 is 0 Å². The SMILES string of the molecule is Cc1nccc(N2CCC[C@@]3(CCC(=O)N(CCc4cnc[nH]4)C3)C2)n1. The third-order valence-electron chi connectivity index (χ3n) is 5.70. The number of aromatic nitrogens is 4. The second-order valence-corrected chi connectivity index (χ2v) is 7.63. The van der Waals surface area contributed by atoms with Crippen LogP contribution in [0.2, 0.25) is 0 Å². The number of nitrogens with zero attached hydrogens (tertiary/aromatic N) is 5. The van der Waals surface area contributed by atoms with Crippen molar-refractivity contribution in [1.29, 1.82) is 0 Å². The first kappa shape index (κ1) is 17.0. The molecule has 0 saturated carbocycles. The van der Waals surface area contributed by atoms with Gasteiger partial charge in [0.15, 0.2) is 0 Å². The highest BCUT2D eigenvalue weighted by Gasteiger charge is 2.41. The van der Waals surface area contributed by atoms with Crippen LogP contribution in [0.4, 0.5) is 5.82 Å². The quantitative estimate of drug-likeness (QED) is 0.908. The molecule has 26 heavy (non-hydrogen) atoms. The molecule has 0 unspecified atom stereocenters. The van der Waals surface area contributed by atoms with E-state index in [-0.39, 0.29) is 11.3 Å². The van der Waals surface area contributed by atoms with Crippen LogP contribution in [0.15, 0.2) is 24.8 Å². The molecule has 4 heterocycles. The Labute approximate surface area is 153 Å². The number of hydrogen-bond acceptors (Lipinski definition) is 5. The summed E-state index contributed by atoms with van der Waals surface area (Å²) < 4.78 is 0. The van der Waals surface area contributed by atoms with Crippen LogP contribution in [0.3, 0.4) is 0 Å². The lowest BCUT2D eigenvalue weighted by Crippen LogP contribution is -2.54. The van der Waals surface area contributed by atoms with E-state index in [1.165, 1.54) is 6.42 Å². The zero-order valence-electron chi connectivity index (χ0n) is 15.3. The van der Waals surface area contributed by atoms with Crippen molar-refractivity contribution in [1.82, 2.24) is 24.8 Å². The van der Waals surface area contributed by atoms with Crippen molar-refractivity contribution in [2.75, 3.05) is 31.1 Å². The maximum Gasteiger partial charge on any atom is 0.222 e. The van der Waals surface area contributed by atoms with Crippen molar-refractivity contribution in [3.63, 3.8) is 0 Å². The van der Waals surface area contributed by atoms with Gasteiger partial charge in [-0.3, -0.25) is 4.79 Å². The molecule has 2 fully saturated rings. The number of aryl methyl sites for hydroxylation is 1. The van der Waals surface area contributed by atoms with Crippen LogP contribution in [0, 0.1) is 12.3 Å². The minimum atomic E-state index is 0.180. The van der Waals surface area contributed by atoms with Crippen LogP contribution in [0.1, 0.15) is 37.2 Å². The average Bonchev–Trinajstić information content (AvgIpc) is 3.17. The highest BCUT2D eigenvalue weighted by molar-refractivity contribution is 5.77. The first-order valence-corrected chi connectivity index (χ1v) is 9.43. The number of amides is 1. The average molecular weight is 354 g/mol. The van der Waals surface area contributed by atoms with Crippen molar-refractivity contribution in [3.8, 4) is 0 Å². The Hall–Kier alpha value is -2.44. The van der Waals surface area contributed by atoms with Crippen LogP contribution in [0.25, 0.3) is 0 Å². The third kappa shape index (κ3) is 3.57. The van der Waals surface area contributed by atoms with Crippen LogP contribution in [-0.2, 0) is 11.2 Å². The van der Waals surface area contributed by atoms with Crippen LogP contribution in [0.5, 0.6) is 0 Å². The molecule has 2 aliphatic heterocycles. The number of H-pyrrole nitrogens is 1. The van der Waals surface area contributed by atoms with Gasteiger partial charge in [0.2, 0.25) is 5.91 Å². The van der Waals surface area contributed by atoms with E-state index in [9.17, 15) is 4.79 Å². The lowest BCUT2D eigenvalue weighted by molar-refractivity contribution is -0.137. The summed E-state index contributed by atoms with van der Waals surface area (Å²) in [5.41, 5.74) is 1.26. The lowest BCUT2D eigenvalue weighted by atomic mass is 9.73. The maximum atomic E-state index is 12.4. The smallest absolute Gasteiger partial charge is 0.222 e. The summed E-state index contributed by atoms with van der Waals surface area (Å²) >= 11 is 0. The molecule has 1 N–H and O–H groups in total. The fraction of sp³-hybridized carbons (Fsp3) is 0.579. The van der Waals surface area contributed by atoms with E-state index in [1.54, 1.807) is 6.33 Å². The summed E-state index contributed by atoms with van der Waals surface area (Å²) in [6, 6.07) is 2.00. The molecule has 1 amide bonds. The van der Waals surface area contributed by atoms with Crippen molar-refractivity contribution in [2.45, 2.75) is 39.0 Å². The molecule has 0 aliphatic carbocycles. The van der Waals surface area contributed by atoms with Crippen molar-refractivity contribution < 1.29 is 4.79 Å². The van der Waals surface area contributed by atoms with E-state index in [1.807, 2.05) is 25.4 Å². The molecule has 0 bridgehead atoms. The van der Waals surface area contributed by atoms with Gasteiger partial charge in [-0.15, -0.1) is 0 Å². The highest BCUT2D eigenvalue weighted by Crippen LogP contribution is 2.39. The number of rotatable bonds is 4. The summed E-state index contributed by atoms with van der Waals surface area (Å²) in [7, 11) is 0. The maximum absolute atomic E-state index is 12.4. The number of hydrogen-bond donors (Lipinski definition) is 1. The largest absolute Gasteiger partial charge is 0.356 e. The first-order chi connectivity index (χ1) is 12.6. The number of carbonyl (C=O) groups is 1. The topological polar surface area (TPSA) is 78.0 Å². The van der Waals surface area contributed by atoms with Gasteiger partial charge in [0.05, 0.1) is 6.33 Å². The molecule has 2 aromatic heterocycles. The Bertz CT molecular complexity index is 761. The van der Waals surface area contributed by atoms with E-state index in [2.05, 4.69) is 29.7 Å². The molecule has 1 spiro atoms. The van der Waals surface area contributed by atoms with Crippen LogP contribution in [-0.4, -0.2) is 56.9 Å². The van der Waals surface area contributed by atoms with Gasteiger partial charge in [0.1, 0.15) is 11.6 Å². The van der Waals surface area contributed by atoms with Gasteiger partial charge in [-0.25, -0.2) is 15.0 Å². The predicted molar refractivity (Wildman–Crippen MR) is 98.8 cm³/mol. The number of carbonyl (C=O) groups excluding carboxylic acids is 1. The van der Waals surface area contributed by atoms with Gasteiger partial charge in [-0.2, -0.15) is 0 Å². The minimum absolute atomic E-state index is 0.180. The summed E-state index contributed by atoms with van der Waals surface area (Å²) in [5.74, 6) is 2.10. The summed E-state index contributed by atoms with van der Waals surface area (Å²) in [6.45, 7) is 5.53. The van der Waals surface area contributed by atoms with Gasteiger partial charge < -0.3 is 14.8 Å². The second kappa shape index (κ2) is 7.05. The normalized spacial score (nSPS) is 23.7. The van der Waals surface area contributed by atoms with Gasteiger partial charge in [-0.05, 0) is 32.3 Å². The van der Waals surface area contributed by atoms with Crippen molar-refractivity contribution in [2.24, 2.45) is 5.41 Å². The van der Waals surface area contributed by atoms with E-state index < -0.39 is 0 Å². The Balaban J connectivity index is 1.45. The highest BCUT2D eigenvalue weighted by atomic mass is 16.2. The molecule has 2 saturated heterocycles. The Morgan fingerprint density at radius 3 is 3.04 bits per heavy atom. The molecular formula is C19H26N6O. The summed E-state index contributed by atoms with van der Waals surface area (Å²) in [6.07, 6.45) is 10.2. The van der Waals surface area contributed by atoms with Crippen molar-refractivity contribution >= 4 is 11.7 Å². The monoisotopic (exact) mass is 354 g/mol. The standard InChI is InChI=1S/C19H26N6O/c1-15-21-8-4-17(23-15)24-9-2-6-19(12-24)7-3-18(26)25(13-19)10-5-16-11-20-14-22-16/h4,8,11,14H,2-3,5-7,9-10,12-13H2,1H3,(H,20,22)/t19-/m1/s1. The van der Waals surface area contributed by atoms with E-state index in [0.29, 0.717) is 6.42 Å². The first-order valence-electron chi connectivity index (χ1n) is 9.43. The fourth-order valence-electron chi connectivity index (χ4n) is 4.34. The number of aromatic amines is 1. The number of piperidine rings is 2. The molecule has 138 valence electrons. The van der Waals surface area contributed by atoms with Gasteiger partial charge >= 0.3 is 0 Å². The zero-order chi connectivity index (χ0) is 18.0. The van der Waals surface area contributed by atoms with Crippen LogP contribution < -0.4 is 4.90 Å². The Morgan fingerprint density at radius 1 is 1.31 bits per heavy atom. The summed E-state index contributed by atoms with van der Waals surface area (Å²) in [4.78, 5) is 32.9. The number of anilines is 1. The van der Waals surface area contributed by atoms with Gasteiger partial charge in [-0.1, -0.05) is 0 Å². The third-order valence-corrected chi connectivity index (χ3v) is 5.70. The summed E-state index contributed by atoms with van der Waals surface area (Å²) in [5, 5.41) is 0. The fourth-order valence-corrected chi connectivity index (χ4v) is 4.34. The lowest BCUT2D eigenvalue weighted by Gasteiger charge is -2.48. The molecular weight excluding hydrogens is 328 g/mol.